The Labute approximate surface area is 128 Å². The van der Waals surface area contributed by atoms with E-state index in [1.54, 1.807) is 12.1 Å². The van der Waals surface area contributed by atoms with Crippen LogP contribution in [-0.2, 0) is 4.79 Å². The van der Waals surface area contributed by atoms with E-state index in [-0.39, 0.29) is 11.7 Å². The molecule has 0 radical (unpaired) electrons. The summed E-state index contributed by atoms with van der Waals surface area (Å²) < 4.78 is 5.19. The summed E-state index contributed by atoms with van der Waals surface area (Å²) in [5.74, 6) is 0.478. The Morgan fingerprint density at radius 1 is 0.905 bits per heavy atom. The molecule has 118 valence electrons. The van der Waals surface area contributed by atoms with E-state index in [2.05, 4.69) is 6.92 Å². The normalized spacial score (nSPS) is 10.5. The number of phenolic OH excluding ortho intramolecular Hbond substituents is 1. The predicted molar refractivity (Wildman–Crippen MR) is 85.6 cm³/mol. The van der Waals surface area contributed by atoms with Crippen LogP contribution in [0.1, 0.15) is 71.1 Å². The van der Waals surface area contributed by atoms with Crippen molar-refractivity contribution in [2.24, 2.45) is 0 Å². The summed E-state index contributed by atoms with van der Waals surface area (Å²) in [5.41, 5.74) is 0. The minimum atomic E-state index is -0.191. The molecule has 1 rings (SSSR count). The zero-order valence-corrected chi connectivity index (χ0v) is 13.1. The van der Waals surface area contributed by atoms with Crippen molar-refractivity contribution >= 4 is 5.97 Å². The second-order valence-corrected chi connectivity index (χ2v) is 5.55. The van der Waals surface area contributed by atoms with Crippen LogP contribution in [0.25, 0.3) is 0 Å². The van der Waals surface area contributed by atoms with Crippen LogP contribution in [0.5, 0.6) is 11.5 Å². The quantitative estimate of drug-likeness (QED) is 0.345. The minimum absolute atomic E-state index is 0.175. The van der Waals surface area contributed by atoms with Crippen molar-refractivity contribution in [3.63, 3.8) is 0 Å². The van der Waals surface area contributed by atoms with Gasteiger partial charge in [0.25, 0.3) is 0 Å². The summed E-state index contributed by atoms with van der Waals surface area (Å²) in [4.78, 5) is 11.6. The van der Waals surface area contributed by atoms with Crippen molar-refractivity contribution in [1.82, 2.24) is 0 Å². The third kappa shape index (κ3) is 9.11. The maximum Gasteiger partial charge on any atom is 0.311 e. The zero-order chi connectivity index (χ0) is 15.3. The van der Waals surface area contributed by atoms with E-state index in [4.69, 9.17) is 9.84 Å². The highest BCUT2D eigenvalue weighted by Crippen LogP contribution is 2.17. The maximum atomic E-state index is 11.6. The minimum Gasteiger partial charge on any atom is -0.508 e. The molecule has 0 saturated carbocycles. The SMILES string of the molecule is CCCCCCCCCCCC(=O)Oc1ccc(O)cc1. The van der Waals surface area contributed by atoms with Crippen molar-refractivity contribution in [1.29, 1.82) is 0 Å². The number of hydrogen-bond acceptors (Lipinski definition) is 3. The van der Waals surface area contributed by atoms with E-state index in [0.717, 1.165) is 12.8 Å². The van der Waals surface area contributed by atoms with E-state index >= 15 is 0 Å². The monoisotopic (exact) mass is 292 g/mol. The predicted octanol–water partition coefficient (Wildman–Crippen LogP) is 5.22. The van der Waals surface area contributed by atoms with Crippen LogP contribution in [0.4, 0.5) is 0 Å². The fourth-order valence-corrected chi connectivity index (χ4v) is 2.28. The van der Waals surface area contributed by atoms with E-state index < -0.39 is 0 Å². The summed E-state index contributed by atoms with van der Waals surface area (Å²) in [6.45, 7) is 2.23. The van der Waals surface area contributed by atoms with Crippen LogP contribution in [0.2, 0.25) is 0 Å². The highest BCUT2D eigenvalue weighted by Gasteiger charge is 2.04. The Bertz CT molecular complexity index is 384. The Morgan fingerprint density at radius 2 is 1.43 bits per heavy atom. The fraction of sp³-hybridized carbons (Fsp3) is 0.611. The molecule has 3 heteroatoms. The third-order valence-electron chi connectivity index (χ3n) is 3.55. The molecule has 21 heavy (non-hydrogen) atoms. The molecular weight excluding hydrogens is 264 g/mol. The van der Waals surface area contributed by atoms with Crippen LogP contribution in [0, 0.1) is 0 Å². The van der Waals surface area contributed by atoms with E-state index in [1.165, 1.54) is 57.1 Å². The Hall–Kier alpha value is -1.51. The highest BCUT2D eigenvalue weighted by molar-refractivity contribution is 5.72. The molecule has 0 unspecified atom stereocenters. The summed E-state index contributed by atoms with van der Waals surface area (Å²) in [6.07, 6.45) is 11.6. The molecule has 0 aliphatic rings. The lowest BCUT2D eigenvalue weighted by atomic mass is 10.1. The molecule has 1 aromatic carbocycles. The average molecular weight is 292 g/mol. The van der Waals surface area contributed by atoms with Gasteiger partial charge in [-0.1, -0.05) is 58.3 Å². The summed E-state index contributed by atoms with van der Waals surface area (Å²) in [7, 11) is 0. The number of esters is 1. The second-order valence-electron chi connectivity index (χ2n) is 5.55. The van der Waals surface area contributed by atoms with Crippen molar-refractivity contribution in [2.75, 3.05) is 0 Å². The van der Waals surface area contributed by atoms with Gasteiger partial charge >= 0.3 is 5.97 Å². The first-order valence-electron chi connectivity index (χ1n) is 8.22. The van der Waals surface area contributed by atoms with E-state index in [0.29, 0.717) is 12.2 Å². The number of aromatic hydroxyl groups is 1. The van der Waals surface area contributed by atoms with Gasteiger partial charge in [-0.25, -0.2) is 0 Å². The van der Waals surface area contributed by atoms with Gasteiger partial charge in [-0.15, -0.1) is 0 Å². The van der Waals surface area contributed by atoms with Crippen molar-refractivity contribution in [2.45, 2.75) is 71.1 Å². The van der Waals surface area contributed by atoms with Gasteiger partial charge in [-0.2, -0.15) is 0 Å². The highest BCUT2D eigenvalue weighted by atomic mass is 16.5. The Balaban J connectivity index is 1.97. The fourth-order valence-electron chi connectivity index (χ4n) is 2.28. The van der Waals surface area contributed by atoms with E-state index in [1.807, 2.05) is 0 Å². The summed E-state index contributed by atoms with van der Waals surface area (Å²) in [6, 6.07) is 6.23. The molecule has 0 heterocycles. The molecule has 0 amide bonds. The lowest BCUT2D eigenvalue weighted by Crippen LogP contribution is -2.07. The van der Waals surface area contributed by atoms with Gasteiger partial charge in [0, 0.05) is 6.42 Å². The molecule has 0 aromatic heterocycles. The molecule has 0 bridgehead atoms. The molecule has 0 spiro atoms. The Morgan fingerprint density at radius 3 is 2.00 bits per heavy atom. The zero-order valence-electron chi connectivity index (χ0n) is 13.1. The van der Waals surface area contributed by atoms with Crippen LogP contribution >= 0.6 is 0 Å². The molecular formula is C18H28O3. The number of carbonyl (C=O) groups is 1. The first-order chi connectivity index (χ1) is 10.2. The largest absolute Gasteiger partial charge is 0.508 e. The van der Waals surface area contributed by atoms with Gasteiger partial charge in [0.15, 0.2) is 0 Å². The second kappa shape index (κ2) is 11.2. The van der Waals surface area contributed by atoms with E-state index in [9.17, 15) is 4.79 Å². The van der Waals surface area contributed by atoms with Gasteiger partial charge in [0.05, 0.1) is 0 Å². The lowest BCUT2D eigenvalue weighted by Gasteiger charge is -2.04. The van der Waals surface area contributed by atoms with Crippen molar-refractivity contribution < 1.29 is 14.6 Å². The molecule has 1 aromatic rings. The standard InChI is InChI=1S/C18H28O3/c1-2-3-4-5-6-7-8-9-10-11-18(20)21-17-14-12-16(19)13-15-17/h12-15,19H,2-11H2,1H3. The number of benzene rings is 1. The van der Waals surface area contributed by atoms with Crippen LogP contribution < -0.4 is 4.74 Å². The van der Waals surface area contributed by atoms with Gasteiger partial charge in [0.1, 0.15) is 11.5 Å². The maximum absolute atomic E-state index is 11.6. The number of rotatable bonds is 11. The number of carbonyl (C=O) groups excluding carboxylic acids is 1. The molecule has 3 nitrogen and oxygen atoms in total. The number of ether oxygens (including phenoxy) is 1. The van der Waals surface area contributed by atoms with Crippen LogP contribution in [-0.4, -0.2) is 11.1 Å². The van der Waals surface area contributed by atoms with Crippen molar-refractivity contribution in [3.05, 3.63) is 24.3 Å². The van der Waals surface area contributed by atoms with Gasteiger partial charge in [-0.05, 0) is 30.7 Å². The molecule has 0 atom stereocenters. The molecule has 0 fully saturated rings. The lowest BCUT2D eigenvalue weighted by molar-refractivity contribution is -0.134. The topological polar surface area (TPSA) is 46.5 Å². The first kappa shape index (κ1) is 17.5. The number of unbranched alkanes of at least 4 members (excludes halogenated alkanes) is 8. The van der Waals surface area contributed by atoms with Gasteiger partial charge in [-0.3, -0.25) is 4.79 Å². The summed E-state index contributed by atoms with van der Waals surface area (Å²) >= 11 is 0. The third-order valence-corrected chi connectivity index (χ3v) is 3.55. The average Bonchev–Trinajstić information content (AvgIpc) is 2.48. The molecule has 0 aliphatic carbocycles. The molecule has 1 N–H and O–H groups in total. The molecule has 0 saturated heterocycles. The van der Waals surface area contributed by atoms with Crippen LogP contribution in [0.15, 0.2) is 24.3 Å². The van der Waals surface area contributed by atoms with Crippen LogP contribution in [0.3, 0.4) is 0 Å². The Kier molecular flexibility index (Phi) is 9.34. The van der Waals surface area contributed by atoms with Gasteiger partial charge < -0.3 is 9.84 Å². The van der Waals surface area contributed by atoms with Crippen molar-refractivity contribution in [3.8, 4) is 11.5 Å². The molecule has 0 aliphatic heterocycles. The summed E-state index contributed by atoms with van der Waals surface area (Å²) in [5, 5.41) is 9.14. The van der Waals surface area contributed by atoms with Gasteiger partial charge in [0.2, 0.25) is 0 Å². The first-order valence-corrected chi connectivity index (χ1v) is 8.22. The number of phenols is 1. The number of hydrogen-bond donors (Lipinski definition) is 1. The smallest absolute Gasteiger partial charge is 0.311 e.